The molecule has 2 rings (SSSR count). The smallest absolute Gasteiger partial charge is 0.284 e. The van der Waals surface area contributed by atoms with Gasteiger partial charge < -0.3 is 0 Å². The largest absolute Gasteiger partial charge is 0.416 e. The predicted molar refractivity (Wildman–Crippen MR) is 81.8 cm³/mol. The van der Waals surface area contributed by atoms with Crippen molar-refractivity contribution in [3.63, 3.8) is 0 Å². The molecule has 0 bridgehead atoms. The fourth-order valence-electron chi connectivity index (χ4n) is 2.03. The fraction of sp³-hybridized carbons (Fsp3) is 0.267. The molecule has 0 saturated heterocycles. The minimum Gasteiger partial charge on any atom is -0.284 e. The first-order chi connectivity index (χ1) is 11.9. The Morgan fingerprint density at radius 2 is 1.50 bits per heavy atom. The van der Waals surface area contributed by atoms with Crippen molar-refractivity contribution in [2.75, 3.05) is 10.5 Å². The molecule has 0 saturated carbocycles. The number of hydrogen-bond acceptors (Lipinski definition) is 3. The standard InChI is InChI=1S/C15H12F6N2O2S/c16-14(17,18)10-7-11(15(19,20)21)9-13(8-10)23-26(24,25)6-4-12-3-1-2-5-22-12/h1-3,5,7-9,23H,4,6H2. The summed E-state index contributed by atoms with van der Waals surface area (Å²) in [6.45, 7) is 0. The Kier molecular flexibility index (Phi) is 5.49. The van der Waals surface area contributed by atoms with Crippen LogP contribution < -0.4 is 4.72 Å². The molecule has 26 heavy (non-hydrogen) atoms. The lowest BCUT2D eigenvalue weighted by atomic mass is 10.1. The van der Waals surface area contributed by atoms with Crippen LogP contribution in [-0.2, 0) is 28.8 Å². The molecule has 0 aliphatic heterocycles. The van der Waals surface area contributed by atoms with E-state index in [9.17, 15) is 34.8 Å². The van der Waals surface area contributed by atoms with Crippen LogP contribution in [0.1, 0.15) is 16.8 Å². The Balaban J connectivity index is 2.26. The maximum absolute atomic E-state index is 12.8. The summed E-state index contributed by atoms with van der Waals surface area (Å²) in [4.78, 5) is 3.89. The van der Waals surface area contributed by atoms with Crippen LogP contribution in [0.25, 0.3) is 0 Å². The quantitative estimate of drug-likeness (QED) is 0.772. The second kappa shape index (κ2) is 7.14. The van der Waals surface area contributed by atoms with Crippen LogP contribution in [0.4, 0.5) is 32.0 Å². The van der Waals surface area contributed by atoms with Crippen LogP contribution in [0, 0.1) is 0 Å². The number of anilines is 1. The van der Waals surface area contributed by atoms with Crippen LogP contribution in [-0.4, -0.2) is 19.2 Å². The summed E-state index contributed by atoms with van der Waals surface area (Å²) in [5.74, 6) is -0.554. The molecule has 0 fully saturated rings. The van der Waals surface area contributed by atoms with Gasteiger partial charge in [-0.3, -0.25) is 9.71 Å². The maximum Gasteiger partial charge on any atom is 0.416 e. The molecule has 1 N–H and O–H groups in total. The molecule has 2 aromatic rings. The summed E-state index contributed by atoms with van der Waals surface area (Å²) in [5.41, 5.74) is -3.60. The molecule has 0 radical (unpaired) electrons. The number of sulfonamides is 1. The van der Waals surface area contributed by atoms with Gasteiger partial charge in [0.15, 0.2) is 0 Å². The molecule has 1 heterocycles. The molecule has 0 aliphatic carbocycles. The third kappa shape index (κ3) is 5.61. The van der Waals surface area contributed by atoms with Crippen molar-refractivity contribution in [3.05, 3.63) is 59.4 Å². The van der Waals surface area contributed by atoms with Gasteiger partial charge in [0.2, 0.25) is 10.0 Å². The Hall–Kier alpha value is -2.30. The lowest BCUT2D eigenvalue weighted by Crippen LogP contribution is -2.20. The van der Waals surface area contributed by atoms with Crippen LogP contribution in [0.3, 0.4) is 0 Å². The lowest BCUT2D eigenvalue weighted by molar-refractivity contribution is -0.143. The zero-order valence-electron chi connectivity index (χ0n) is 12.9. The number of pyridine rings is 1. The van der Waals surface area contributed by atoms with Gasteiger partial charge in [-0.2, -0.15) is 26.3 Å². The van der Waals surface area contributed by atoms with Gasteiger partial charge in [0.25, 0.3) is 0 Å². The predicted octanol–water partition coefficient (Wildman–Crippen LogP) is 4.10. The summed E-state index contributed by atoms with van der Waals surface area (Å²) < 4.78 is 102. The van der Waals surface area contributed by atoms with E-state index in [0.717, 1.165) is 0 Å². The van der Waals surface area contributed by atoms with Crippen molar-refractivity contribution in [2.45, 2.75) is 18.8 Å². The van der Waals surface area contributed by atoms with Gasteiger partial charge in [0.05, 0.1) is 16.9 Å². The van der Waals surface area contributed by atoms with E-state index < -0.39 is 44.9 Å². The Morgan fingerprint density at radius 3 is 1.96 bits per heavy atom. The molecule has 1 aromatic heterocycles. The van der Waals surface area contributed by atoms with Gasteiger partial charge in [-0.1, -0.05) is 6.07 Å². The van der Waals surface area contributed by atoms with E-state index in [1.165, 1.54) is 6.20 Å². The summed E-state index contributed by atoms with van der Waals surface area (Å²) in [7, 11) is -4.18. The highest BCUT2D eigenvalue weighted by Crippen LogP contribution is 2.37. The molecule has 0 spiro atoms. The molecule has 11 heteroatoms. The van der Waals surface area contributed by atoms with Crippen molar-refractivity contribution in [2.24, 2.45) is 0 Å². The van der Waals surface area contributed by atoms with E-state index in [0.29, 0.717) is 17.8 Å². The Bertz CT molecular complexity index is 832. The average molecular weight is 398 g/mol. The molecular formula is C15H12F6N2O2S. The van der Waals surface area contributed by atoms with E-state index in [1.54, 1.807) is 22.9 Å². The zero-order valence-corrected chi connectivity index (χ0v) is 13.7. The molecule has 0 aliphatic rings. The SMILES string of the molecule is O=S(=O)(CCc1ccccn1)Nc1cc(C(F)(F)F)cc(C(F)(F)F)c1. The zero-order chi connectivity index (χ0) is 19.6. The first-order valence-corrected chi connectivity index (χ1v) is 8.72. The average Bonchev–Trinajstić information content (AvgIpc) is 2.52. The number of aromatic nitrogens is 1. The van der Waals surface area contributed by atoms with Crippen LogP contribution in [0.2, 0.25) is 0 Å². The Morgan fingerprint density at radius 1 is 0.923 bits per heavy atom. The minimum atomic E-state index is -5.06. The molecule has 0 unspecified atom stereocenters. The first-order valence-electron chi connectivity index (χ1n) is 7.07. The van der Waals surface area contributed by atoms with E-state index in [-0.39, 0.29) is 12.5 Å². The monoisotopic (exact) mass is 398 g/mol. The molecule has 0 atom stereocenters. The van der Waals surface area contributed by atoms with E-state index >= 15 is 0 Å². The summed E-state index contributed by atoms with van der Waals surface area (Å²) in [6.07, 6.45) is -8.75. The molecular weight excluding hydrogens is 386 g/mol. The highest BCUT2D eigenvalue weighted by Gasteiger charge is 2.37. The number of alkyl halides is 6. The van der Waals surface area contributed by atoms with E-state index in [4.69, 9.17) is 0 Å². The summed E-state index contributed by atoms with van der Waals surface area (Å²) in [5, 5.41) is 0. The van der Waals surface area contributed by atoms with Gasteiger partial charge in [-0.05, 0) is 30.3 Å². The van der Waals surface area contributed by atoms with E-state index in [2.05, 4.69) is 4.98 Å². The first kappa shape index (κ1) is 20.0. The van der Waals surface area contributed by atoms with Crippen molar-refractivity contribution in [3.8, 4) is 0 Å². The van der Waals surface area contributed by atoms with Gasteiger partial charge in [0, 0.05) is 24.0 Å². The third-order valence-corrected chi connectivity index (χ3v) is 4.50. The second-order valence-electron chi connectivity index (χ2n) is 5.29. The number of nitrogens with zero attached hydrogens (tertiary/aromatic N) is 1. The fourth-order valence-corrected chi connectivity index (χ4v) is 3.09. The summed E-state index contributed by atoms with van der Waals surface area (Å²) in [6, 6.07) is 5.32. The number of benzene rings is 1. The normalized spacial score (nSPS) is 12.8. The highest BCUT2D eigenvalue weighted by atomic mass is 32.2. The molecule has 4 nitrogen and oxygen atoms in total. The topological polar surface area (TPSA) is 59.1 Å². The highest BCUT2D eigenvalue weighted by molar-refractivity contribution is 7.92. The molecule has 0 amide bonds. The van der Waals surface area contributed by atoms with Gasteiger partial charge in [-0.25, -0.2) is 8.42 Å². The number of aryl methyl sites for hydroxylation is 1. The number of hydrogen-bond donors (Lipinski definition) is 1. The summed E-state index contributed by atoms with van der Waals surface area (Å²) >= 11 is 0. The van der Waals surface area contributed by atoms with Crippen molar-refractivity contribution in [1.82, 2.24) is 4.98 Å². The van der Waals surface area contributed by atoms with Crippen molar-refractivity contribution >= 4 is 15.7 Å². The van der Waals surface area contributed by atoms with Crippen LogP contribution in [0.5, 0.6) is 0 Å². The minimum absolute atomic E-state index is 0.0543. The van der Waals surface area contributed by atoms with Crippen LogP contribution in [0.15, 0.2) is 42.6 Å². The lowest BCUT2D eigenvalue weighted by Gasteiger charge is -2.15. The van der Waals surface area contributed by atoms with Gasteiger partial charge in [0.1, 0.15) is 0 Å². The third-order valence-electron chi connectivity index (χ3n) is 3.21. The Labute approximate surface area is 144 Å². The van der Waals surface area contributed by atoms with Crippen LogP contribution >= 0.6 is 0 Å². The number of nitrogens with one attached hydrogen (secondary N) is 1. The van der Waals surface area contributed by atoms with E-state index in [1.807, 2.05) is 0 Å². The van der Waals surface area contributed by atoms with Crippen molar-refractivity contribution < 1.29 is 34.8 Å². The molecule has 142 valence electrons. The number of halogens is 6. The van der Waals surface area contributed by atoms with Gasteiger partial charge >= 0.3 is 12.4 Å². The second-order valence-corrected chi connectivity index (χ2v) is 7.13. The van der Waals surface area contributed by atoms with Gasteiger partial charge in [-0.15, -0.1) is 0 Å². The molecule has 1 aromatic carbocycles. The maximum atomic E-state index is 12.8. The number of rotatable bonds is 5. The van der Waals surface area contributed by atoms with Crippen molar-refractivity contribution in [1.29, 1.82) is 0 Å².